The van der Waals surface area contributed by atoms with E-state index in [2.05, 4.69) is 30.1 Å². The van der Waals surface area contributed by atoms with Crippen molar-refractivity contribution in [3.63, 3.8) is 0 Å². The molecule has 0 aliphatic rings. The van der Waals surface area contributed by atoms with Gasteiger partial charge in [-0.3, -0.25) is 48.1 Å². The number of hydrogen-bond acceptors (Lipinski definition) is 16. The number of azide groups is 3. The Morgan fingerprint density at radius 2 is 0.589 bits per heavy atom. The Kier molecular flexibility index (Phi) is 38.4. The lowest BCUT2D eigenvalue weighted by atomic mass is 10.1. The summed E-state index contributed by atoms with van der Waals surface area (Å²) in [6, 6.07) is 0. The van der Waals surface area contributed by atoms with E-state index < -0.39 is 17.7 Å². The van der Waals surface area contributed by atoms with Gasteiger partial charge in [-0.05, 0) is 55.1 Å². The molecule has 0 aromatic heterocycles. The maximum Gasteiger partial charge on any atom is 0.242 e. The van der Waals surface area contributed by atoms with Crippen molar-refractivity contribution in [3.05, 3.63) is 31.3 Å². The number of hydrogen-bond donors (Lipinski definition) is 0. The molecule has 0 radical (unpaired) electrons. The summed E-state index contributed by atoms with van der Waals surface area (Å²) < 4.78 is 17.3. The standard InChI is InChI=1S/C45H78N16O12/c1-55(31-37(62)13-7-10-19-49-52-46)43(68)34-58(4)40(65)16-25-71-28-22-61(23-29-72-26-17-41(66)59(5)35-44(69)56(2)32-38(63)14-8-11-20-50-53-47)24-30-73-27-18-42(67)60(6)36-45(70)57(3)33-39(64)15-9-12-21-51-54-48/h7-36H2,1-6H3. The molecule has 0 N–H and O–H groups in total. The SMILES string of the molecule is CN(CC(=O)CCCCN=[N+]=[N-])C(=O)CN(C)C(=O)CCOCCN(CCOCCC(=O)N(C)CC(=O)N(C)CC(=O)CCCCN=[N+]=[N-])CCOCCC(=O)N(C)CC(=O)N(C)CC(=O)CCCCN=[N+]=[N-]. The lowest BCUT2D eigenvalue weighted by Crippen LogP contribution is -2.41. The first-order valence-electron chi connectivity index (χ1n) is 24.3. The average Bonchev–Trinajstić information content (AvgIpc) is 3.34. The van der Waals surface area contributed by atoms with E-state index in [-0.39, 0.29) is 153 Å². The molecule has 0 atom stereocenters. The van der Waals surface area contributed by atoms with Gasteiger partial charge in [-0.25, -0.2) is 0 Å². The molecule has 0 saturated heterocycles. The predicted molar refractivity (Wildman–Crippen MR) is 267 cm³/mol. The van der Waals surface area contributed by atoms with Crippen LogP contribution in [0.5, 0.6) is 0 Å². The number of rotatable bonds is 45. The number of likely N-dealkylation sites (N-methyl/N-ethyl adjacent to an activating group) is 6. The van der Waals surface area contributed by atoms with Gasteiger partial charge in [0.05, 0.1) is 98.2 Å². The highest BCUT2D eigenvalue weighted by molar-refractivity contribution is 5.90. The molecule has 0 aromatic carbocycles. The van der Waals surface area contributed by atoms with Gasteiger partial charge in [0, 0.05) is 116 Å². The Labute approximate surface area is 427 Å². The van der Waals surface area contributed by atoms with E-state index in [1.54, 1.807) is 0 Å². The molecule has 0 bridgehead atoms. The van der Waals surface area contributed by atoms with Gasteiger partial charge >= 0.3 is 0 Å². The number of nitrogens with zero attached hydrogens (tertiary/aromatic N) is 16. The first kappa shape index (κ1) is 66.6. The Bertz CT molecular complexity index is 1680. The van der Waals surface area contributed by atoms with E-state index >= 15 is 0 Å². The van der Waals surface area contributed by atoms with Gasteiger partial charge in [0.15, 0.2) is 17.3 Å². The lowest BCUT2D eigenvalue weighted by Gasteiger charge is -2.23. The Hall–Kier alpha value is -6.40. The van der Waals surface area contributed by atoms with Gasteiger partial charge in [0.25, 0.3) is 0 Å². The second kappa shape index (κ2) is 42.1. The van der Waals surface area contributed by atoms with Gasteiger partial charge in [-0.15, -0.1) is 0 Å². The Morgan fingerprint density at radius 1 is 0.342 bits per heavy atom. The summed E-state index contributed by atoms with van der Waals surface area (Å²) in [4.78, 5) is 131. The topological polar surface area (TPSA) is 350 Å². The van der Waals surface area contributed by atoms with Crippen molar-refractivity contribution in [2.24, 2.45) is 15.3 Å². The summed E-state index contributed by atoms with van der Waals surface area (Å²) in [7, 11) is 8.92. The number of Topliss-reactive ketones (excluding diaryl/α,β-unsaturated/α-hetero) is 3. The molecule has 0 aromatic rings. The van der Waals surface area contributed by atoms with Crippen LogP contribution in [0.15, 0.2) is 15.3 Å². The van der Waals surface area contributed by atoms with Crippen LogP contribution in [0.1, 0.15) is 77.0 Å². The van der Waals surface area contributed by atoms with Crippen molar-refractivity contribution in [1.82, 2.24) is 34.3 Å². The van der Waals surface area contributed by atoms with Gasteiger partial charge in [-0.1, -0.05) is 15.3 Å². The third kappa shape index (κ3) is 35.4. The van der Waals surface area contributed by atoms with E-state index in [0.717, 1.165) is 0 Å². The fraction of sp³-hybridized carbons (Fsp3) is 0.800. The van der Waals surface area contributed by atoms with Crippen LogP contribution in [0, 0.1) is 0 Å². The second-order valence-electron chi connectivity index (χ2n) is 17.3. The third-order valence-electron chi connectivity index (χ3n) is 11.0. The molecule has 0 unspecified atom stereocenters. The molecule has 0 rings (SSSR count). The zero-order valence-corrected chi connectivity index (χ0v) is 43.8. The maximum absolute atomic E-state index is 12.8. The van der Waals surface area contributed by atoms with Crippen molar-refractivity contribution >= 4 is 52.8 Å². The molecule has 73 heavy (non-hydrogen) atoms. The van der Waals surface area contributed by atoms with E-state index in [1.165, 1.54) is 71.7 Å². The molecule has 28 heteroatoms. The number of carbonyl (C=O) groups is 9. The zero-order valence-electron chi connectivity index (χ0n) is 43.8. The third-order valence-corrected chi connectivity index (χ3v) is 11.0. The van der Waals surface area contributed by atoms with Crippen molar-refractivity contribution in [2.45, 2.75) is 77.0 Å². The summed E-state index contributed by atoms with van der Waals surface area (Å²) in [6.07, 6.45) is 3.99. The summed E-state index contributed by atoms with van der Waals surface area (Å²) in [6.45, 7) is 1.94. The van der Waals surface area contributed by atoms with Crippen LogP contribution in [0.2, 0.25) is 0 Å². The minimum atomic E-state index is -0.403. The van der Waals surface area contributed by atoms with Crippen molar-refractivity contribution < 1.29 is 57.4 Å². The minimum absolute atomic E-state index is 0.00267. The first-order chi connectivity index (χ1) is 34.9. The highest BCUT2D eigenvalue weighted by Gasteiger charge is 2.21. The molecule has 0 saturated carbocycles. The van der Waals surface area contributed by atoms with Crippen LogP contribution in [0.25, 0.3) is 31.3 Å². The summed E-state index contributed by atoms with van der Waals surface area (Å²) in [5.74, 6) is -2.64. The highest BCUT2D eigenvalue weighted by Crippen LogP contribution is 2.05. The van der Waals surface area contributed by atoms with E-state index in [9.17, 15) is 43.2 Å². The Morgan fingerprint density at radius 3 is 0.836 bits per heavy atom. The first-order valence-corrected chi connectivity index (χ1v) is 24.3. The molecular formula is C45H78N16O12. The molecule has 0 fully saturated rings. The molecule has 6 amide bonds. The van der Waals surface area contributed by atoms with Crippen LogP contribution >= 0.6 is 0 Å². The smallest absolute Gasteiger partial charge is 0.242 e. The quantitative estimate of drug-likeness (QED) is 0.0367. The van der Waals surface area contributed by atoms with Crippen LogP contribution in [0.4, 0.5) is 0 Å². The number of ether oxygens (including phenoxy) is 3. The van der Waals surface area contributed by atoms with Crippen LogP contribution in [-0.4, -0.2) is 248 Å². The molecule has 0 aliphatic carbocycles. The lowest BCUT2D eigenvalue weighted by molar-refractivity contribution is -0.140. The maximum atomic E-state index is 12.8. The largest absolute Gasteiger partial charge is 0.380 e. The highest BCUT2D eigenvalue weighted by atomic mass is 16.5. The van der Waals surface area contributed by atoms with Gasteiger partial charge in [0.2, 0.25) is 35.4 Å². The van der Waals surface area contributed by atoms with Crippen LogP contribution in [0.3, 0.4) is 0 Å². The van der Waals surface area contributed by atoms with Crippen molar-refractivity contribution in [2.75, 3.05) is 160 Å². The van der Waals surface area contributed by atoms with E-state index in [4.69, 9.17) is 30.8 Å². The fourth-order valence-corrected chi connectivity index (χ4v) is 6.45. The van der Waals surface area contributed by atoms with E-state index in [1.807, 2.05) is 4.90 Å². The number of carbonyl (C=O) groups excluding carboxylic acids is 9. The molecule has 410 valence electrons. The molecule has 0 aliphatic heterocycles. The minimum Gasteiger partial charge on any atom is -0.380 e. The second-order valence-corrected chi connectivity index (χ2v) is 17.3. The summed E-state index contributed by atoms with van der Waals surface area (Å²) in [5.41, 5.74) is 25.1. The summed E-state index contributed by atoms with van der Waals surface area (Å²) in [5, 5.41) is 10.3. The number of ketones is 3. The van der Waals surface area contributed by atoms with Gasteiger partial charge in [-0.2, -0.15) is 0 Å². The van der Waals surface area contributed by atoms with Gasteiger partial charge < -0.3 is 43.6 Å². The predicted octanol–water partition coefficient (Wildman–Crippen LogP) is 2.41. The fourth-order valence-electron chi connectivity index (χ4n) is 6.45. The normalized spacial score (nSPS) is 10.6. The zero-order chi connectivity index (χ0) is 54.8. The molecular weight excluding hydrogens is 957 g/mol. The Balaban J connectivity index is 5.07. The molecule has 0 spiro atoms. The van der Waals surface area contributed by atoms with Crippen molar-refractivity contribution in [1.29, 1.82) is 0 Å². The van der Waals surface area contributed by atoms with Crippen LogP contribution in [-0.2, 0) is 57.4 Å². The molecule has 28 nitrogen and oxygen atoms in total. The summed E-state index contributed by atoms with van der Waals surface area (Å²) >= 11 is 0. The number of unbranched alkanes of at least 4 members (excludes halogenated alkanes) is 3. The van der Waals surface area contributed by atoms with E-state index in [0.29, 0.717) is 77.8 Å². The number of amides is 6. The van der Waals surface area contributed by atoms with Crippen molar-refractivity contribution in [3.8, 4) is 0 Å². The van der Waals surface area contributed by atoms with Crippen LogP contribution < -0.4 is 0 Å². The average molecular weight is 1040 g/mol. The van der Waals surface area contributed by atoms with Gasteiger partial charge in [0.1, 0.15) is 0 Å². The monoisotopic (exact) mass is 1030 g/mol. The molecule has 0 heterocycles.